The molecule has 0 aromatic carbocycles. The zero-order valence-corrected chi connectivity index (χ0v) is 23.6. The van der Waals surface area contributed by atoms with Crippen molar-refractivity contribution in [3.8, 4) is 0 Å². The van der Waals surface area contributed by atoms with Gasteiger partial charge in [0, 0.05) is 58.0 Å². The van der Waals surface area contributed by atoms with Crippen molar-refractivity contribution in [1.82, 2.24) is 41.9 Å². The summed E-state index contributed by atoms with van der Waals surface area (Å²) in [5.41, 5.74) is 3.70. The molecule has 2 aliphatic carbocycles. The van der Waals surface area contributed by atoms with Crippen LogP contribution in [0.4, 0.5) is 13.2 Å². The SMILES string of the molecule is CCN1CC(C(F)(F)F)NC1C1CCC(CC2C3NC(C4C(OC)NCNC4C4CC4)NCC3NN2C)CC1. The Hall–Kier alpha value is -0.570. The summed E-state index contributed by atoms with van der Waals surface area (Å²) in [6.07, 6.45) is 3.73. The van der Waals surface area contributed by atoms with Gasteiger partial charge in [0.1, 0.15) is 12.3 Å². The molecule has 9 unspecified atom stereocenters. The number of likely N-dealkylation sites (N-methyl/N-ethyl adjacent to an activating group) is 2. The summed E-state index contributed by atoms with van der Waals surface area (Å²) in [4.78, 5) is 2.00. The van der Waals surface area contributed by atoms with Gasteiger partial charge < -0.3 is 10.1 Å². The van der Waals surface area contributed by atoms with Gasteiger partial charge in [-0.2, -0.15) is 13.2 Å². The lowest BCUT2D eigenvalue weighted by molar-refractivity contribution is -0.150. The molecular formula is C27H49F3N8O. The molecule has 4 heterocycles. The molecule has 39 heavy (non-hydrogen) atoms. The van der Waals surface area contributed by atoms with Crippen molar-refractivity contribution < 1.29 is 17.9 Å². The Bertz CT molecular complexity index is 825. The van der Waals surface area contributed by atoms with Gasteiger partial charge in [-0.05, 0) is 56.4 Å². The Kier molecular flexibility index (Phi) is 8.49. The van der Waals surface area contributed by atoms with Crippen molar-refractivity contribution in [3.05, 3.63) is 0 Å². The minimum Gasteiger partial charge on any atom is -0.366 e. The second-order valence-corrected chi connectivity index (χ2v) is 13.0. The van der Waals surface area contributed by atoms with E-state index in [1.54, 1.807) is 7.11 Å². The first kappa shape index (κ1) is 28.5. The number of fused-ring (bicyclic) bond motifs is 1. The lowest BCUT2D eigenvalue weighted by atomic mass is 9.76. The number of hydrogen-bond donors (Lipinski definition) is 6. The Morgan fingerprint density at radius 3 is 2.33 bits per heavy atom. The van der Waals surface area contributed by atoms with Crippen molar-refractivity contribution in [3.63, 3.8) is 0 Å². The molecule has 6 fully saturated rings. The first-order chi connectivity index (χ1) is 18.8. The summed E-state index contributed by atoms with van der Waals surface area (Å²) in [5.74, 6) is 1.93. The molecule has 0 spiro atoms. The van der Waals surface area contributed by atoms with Crippen LogP contribution in [0.2, 0.25) is 0 Å². The summed E-state index contributed by atoms with van der Waals surface area (Å²) in [5, 5.41) is 20.3. The van der Waals surface area contributed by atoms with Crippen molar-refractivity contribution in [2.75, 3.05) is 40.5 Å². The monoisotopic (exact) mass is 558 g/mol. The standard InChI is InChI=1S/C27H49F3N8O/c1-4-38-13-20(27(28,29)30)34-25(38)17-7-5-15(6-8-17)11-19-23-18(36-37(19)2)12-31-24(35-23)21-22(16-9-10-16)32-14-33-26(21)39-3/h15-26,31-36H,4-14H2,1-3H3. The van der Waals surface area contributed by atoms with Gasteiger partial charge in [0.15, 0.2) is 0 Å². The first-order valence-corrected chi connectivity index (χ1v) is 15.3. The largest absolute Gasteiger partial charge is 0.405 e. The van der Waals surface area contributed by atoms with E-state index in [0.717, 1.165) is 51.2 Å². The summed E-state index contributed by atoms with van der Waals surface area (Å²) < 4.78 is 46.1. The quantitative estimate of drug-likeness (QED) is 0.274. The number of hydrogen-bond acceptors (Lipinski definition) is 9. The van der Waals surface area contributed by atoms with Crippen molar-refractivity contribution in [2.24, 2.45) is 23.7 Å². The van der Waals surface area contributed by atoms with E-state index in [2.05, 4.69) is 44.1 Å². The van der Waals surface area contributed by atoms with Gasteiger partial charge in [-0.25, -0.2) is 10.4 Å². The molecule has 0 bridgehead atoms. The molecule has 12 heteroatoms. The predicted molar refractivity (Wildman–Crippen MR) is 143 cm³/mol. The number of hydrazine groups is 1. The molecule has 224 valence electrons. The molecule has 4 saturated heterocycles. The highest BCUT2D eigenvalue weighted by Gasteiger charge is 2.52. The van der Waals surface area contributed by atoms with Crippen molar-refractivity contribution >= 4 is 0 Å². The van der Waals surface area contributed by atoms with Crippen LogP contribution >= 0.6 is 0 Å². The molecule has 9 nitrogen and oxygen atoms in total. The van der Waals surface area contributed by atoms with Gasteiger partial charge in [-0.15, -0.1) is 0 Å². The Labute approximate surface area is 231 Å². The Morgan fingerprint density at radius 1 is 0.923 bits per heavy atom. The lowest BCUT2D eigenvalue weighted by Crippen LogP contribution is -2.72. The number of rotatable bonds is 7. The topological polar surface area (TPSA) is 87.9 Å². The van der Waals surface area contributed by atoms with E-state index in [1.165, 1.54) is 12.8 Å². The summed E-state index contributed by atoms with van der Waals surface area (Å²) in [7, 11) is 3.97. The molecule has 0 amide bonds. The van der Waals surface area contributed by atoms with Gasteiger partial charge in [0.25, 0.3) is 0 Å². The molecule has 6 aliphatic rings. The Balaban J connectivity index is 1.06. The molecule has 6 N–H and O–H groups in total. The maximum absolute atomic E-state index is 13.4. The zero-order valence-electron chi connectivity index (χ0n) is 23.6. The fourth-order valence-electron chi connectivity index (χ4n) is 8.47. The van der Waals surface area contributed by atoms with Crippen LogP contribution in [0.5, 0.6) is 0 Å². The van der Waals surface area contributed by atoms with Crippen LogP contribution in [-0.2, 0) is 4.74 Å². The molecule has 0 radical (unpaired) electrons. The first-order valence-electron chi connectivity index (χ1n) is 15.3. The minimum atomic E-state index is -4.18. The van der Waals surface area contributed by atoms with E-state index >= 15 is 0 Å². The molecule has 9 atom stereocenters. The van der Waals surface area contributed by atoms with E-state index in [1.807, 2.05) is 11.8 Å². The van der Waals surface area contributed by atoms with E-state index in [-0.39, 0.29) is 25.1 Å². The van der Waals surface area contributed by atoms with Gasteiger partial charge in [0.05, 0.1) is 18.4 Å². The minimum absolute atomic E-state index is 0.0167. The van der Waals surface area contributed by atoms with E-state index in [4.69, 9.17) is 4.74 Å². The molecule has 4 aliphatic heterocycles. The fourth-order valence-corrected chi connectivity index (χ4v) is 8.47. The second-order valence-electron chi connectivity index (χ2n) is 13.0. The predicted octanol–water partition coefficient (Wildman–Crippen LogP) is 0.957. The number of halogens is 3. The van der Waals surface area contributed by atoms with Gasteiger partial charge in [-0.1, -0.05) is 19.8 Å². The average Bonchev–Trinajstić information content (AvgIpc) is 3.60. The Morgan fingerprint density at radius 2 is 1.67 bits per heavy atom. The van der Waals surface area contributed by atoms with E-state index in [9.17, 15) is 13.2 Å². The van der Waals surface area contributed by atoms with E-state index < -0.39 is 12.2 Å². The van der Waals surface area contributed by atoms with Gasteiger partial charge in [0.2, 0.25) is 0 Å². The molecule has 6 rings (SSSR count). The third kappa shape index (κ3) is 5.87. The summed E-state index contributed by atoms with van der Waals surface area (Å²) in [6, 6.07) is 0.122. The van der Waals surface area contributed by atoms with Crippen LogP contribution in [0.3, 0.4) is 0 Å². The summed E-state index contributed by atoms with van der Waals surface area (Å²) in [6.45, 7) is 4.41. The maximum atomic E-state index is 13.4. The average molecular weight is 559 g/mol. The fraction of sp³-hybridized carbons (Fsp3) is 1.00. The van der Waals surface area contributed by atoms with Crippen molar-refractivity contribution in [1.29, 1.82) is 0 Å². The van der Waals surface area contributed by atoms with Crippen molar-refractivity contribution in [2.45, 2.75) is 107 Å². The third-order valence-corrected chi connectivity index (χ3v) is 10.7. The van der Waals surface area contributed by atoms with E-state index in [0.29, 0.717) is 48.5 Å². The summed E-state index contributed by atoms with van der Waals surface area (Å²) >= 11 is 0. The number of nitrogens with zero attached hydrogens (tertiary/aromatic N) is 2. The van der Waals surface area contributed by atoms with Crippen LogP contribution < -0.4 is 32.0 Å². The third-order valence-electron chi connectivity index (χ3n) is 10.7. The smallest absolute Gasteiger partial charge is 0.366 e. The van der Waals surface area contributed by atoms with Crippen LogP contribution in [0, 0.1) is 23.7 Å². The second kappa shape index (κ2) is 11.6. The highest BCUT2D eigenvalue weighted by molar-refractivity contribution is 5.08. The van der Waals surface area contributed by atoms with Gasteiger partial charge >= 0.3 is 6.18 Å². The molecule has 2 saturated carbocycles. The molecule has 0 aromatic heterocycles. The zero-order chi connectivity index (χ0) is 27.3. The lowest BCUT2D eigenvalue weighted by Gasteiger charge is -2.47. The highest BCUT2D eigenvalue weighted by atomic mass is 19.4. The highest BCUT2D eigenvalue weighted by Crippen LogP contribution is 2.41. The van der Waals surface area contributed by atoms with Crippen LogP contribution in [0.25, 0.3) is 0 Å². The number of methoxy groups -OCH3 is 1. The number of nitrogens with one attached hydrogen (secondary N) is 6. The molecular weight excluding hydrogens is 509 g/mol. The van der Waals surface area contributed by atoms with Crippen LogP contribution in [0.15, 0.2) is 0 Å². The number of ether oxygens (including phenoxy) is 1. The molecule has 0 aromatic rings. The van der Waals surface area contributed by atoms with Crippen LogP contribution in [0.1, 0.15) is 51.9 Å². The normalized spacial score (nSPS) is 46.5. The maximum Gasteiger partial charge on any atom is 0.405 e. The number of alkyl halides is 3. The van der Waals surface area contributed by atoms with Crippen LogP contribution in [-0.4, -0.2) is 105 Å². The van der Waals surface area contributed by atoms with Gasteiger partial charge in [-0.3, -0.25) is 26.2 Å².